The maximum Gasteiger partial charge on any atom is 0.232 e. The number of hydrogen-bond acceptors (Lipinski definition) is 5. The number of amides is 2. The second-order valence-corrected chi connectivity index (χ2v) is 5.58. The van der Waals surface area contributed by atoms with Gasteiger partial charge in [0.2, 0.25) is 11.8 Å². The average molecular weight is 314 g/mol. The molecule has 2 aliphatic heterocycles. The van der Waals surface area contributed by atoms with Gasteiger partial charge in [-0.15, -0.1) is 0 Å². The molecular weight excluding hydrogens is 296 g/mol. The average Bonchev–Trinajstić information content (AvgIpc) is 3.16. The molecule has 1 unspecified atom stereocenters. The number of carbonyl (C=O) groups is 2. The number of hydroxylamine groups is 1. The Morgan fingerprint density at radius 2 is 2.13 bits per heavy atom. The van der Waals surface area contributed by atoms with Crippen LogP contribution in [0.3, 0.4) is 0 Å². The van der Waals surface area contributed by atoms with Crippen molar-refractivity contribution < 1.29 is 14.4 Å². The van der Waals surface area contributed by atoms with Crippen LogP contribution in [-0.2, 0) is 14.4 Å². The number of nitrogens with zero attached hydrogens (tertiary/aromatic N) is 1. The molecule has 7 nitrogen and oxygen atoms in total. The number of likely N-dealkylation sites (tertiary alicyclic amines) is 1. The summed E-state index contributed by atoms with van der Waals surface area (Å²) in [7, 11) is 0. The fourth-order valence-electron chi connectivity index (χ4n) is 2.67. The lowest BCUT2D eigenvalue weighted by atomic mass is 10.1. The molecule has 23 heavy (non-hydrogen) atoms. The van der Waals surface area contributed by atoms with Gasteiger partial charge in [0.05, 0.1) is 12.1 Å². The first kappa shape index (κ1) is 15.2. The number of hydrogen-bond donors (Lipinski definition) is 3. The van der Waals surface area contributed by atoms with Crippen molar-refractivity contribution >= 4 is 23.3 Å². The molecule has 2 amide bonds. The number of carbonyl (C=O) groups excluding carboxylic acids is 2. The Bertz CT molecular complexity index is 681. The van der Waals surface area contributed by atoms with Crippen LogP contribution >= 0.6 is 0 Å². The number of amidine groups is 1. The molecule has 120 valence electrons. The molecule has 0 aromatic heterocycles. The summed E-state index contributed by atoms with van der Waals surface area (Å²) >= 11 is 0. The molecule has 1 saturated heterocycles. The third-order valence-electron chi connectivity index (χ3n) is 3.93. The van der Waals surface area contributed by atoms with Crippen LogP contribution in [0.4, 0.5) is 0 Å². The summed E-state index contributed by atoms with van der Waals surface area (Å²) < 4.78 is 0. The third kappa shape index (κ3) is 3.24. The quantitative estimate of drug-likeness (QED) is 0.561. The van der Waals surface area contributed by atoms with Crippen LogP contribution in [0.2, 0.25) is 0 Å². The predicted octanol–water partition coefficient (Wildman–Crippen LogP) is 0.754. The zero-order chi connectivity index (χ0) is 16.4. The Labute approximate surface area is 133 Å². The second kappa shape index (κ2) is 6.21. The Balaban J connectivity index is 1.65. The van der Waals surface area contributed by atoms with E-state index in [2.05, 4.69) is 5.48 Å². The third-order valence-corrected chi connectivity index (χ3v) is 3.93. The van der Waals surface area contributed by atoms with Crippen LogP contribution in [0.1, 0.15) is 30.4 Å². The number of rotatable bonds is 4. The van der Waals surface area contributed by atoms with Gasteiger partial charge in [0.1, 0.15) is 11.9 Å². The van der Waals surface area contributed by atoms with E-state index in [1.807, 2.05) is 18.2 Å². The summed E-state index contributed by atoms with van der Waals surface area (Å²) in [6.45, 7) is 0.501. The molecule has 1 aromatic rings. The van der Waals surface area contributed by atoms with Crippen molar-refractivity contribution in [2.45, 2.75) is 25.4 Å². The lowest BCUT2D eigenvalue weighted by molar-refractivity contribution is -0.143. The van der Waals surface area contributed by atoms with Crippen molar-refractivity contribution in [2.24, 2.45) is 5.73 Å². The second-order valence-electron chi connectivity index (χ2n) is 5.58. The standard InChI is InChI=1S/C16H18N4O3/c17-16(18)11-5-3-10(4-6-11)13-8-12(23-19-13)9-15(22)20-7-1-2-14(20)21/h3-6,8,12,19H,1-2,7,9H2,(H3,17,18). The van der Waals surface area contributed by atoms with Crippen LogP contribution in [-0.4, -0.2) is 35.2 Å². The minimum atomic E-state index is -0.404. The number of nitrogen functional groups attached to an aromatic ring is 1. The van der Waals surface area contributed by atoms with Crippen molar-refractivity contribution in [3.05, 3.63) is 41.5 Å². The summed E-state index contributed by atoms with van der Waals surface area (Å²) in [4.78, 5) is 30.4. The first-order chi connectivity index (χ1) is 11.0. The maximum atomic E-state index is 12.1. The predicted molar refractivity (Wildman–Crippen MR) is 84.0 cm³/mol. The van der Waals surface area contributed by atoms with Crippen molar-refractivity contribution in [3.8, 4) is 0 Å². The highest BCUT2D eigenvalue weighted by Crippen LogP contribution is 2.22. The summed E-state index contributed by atoms with van der Waals surface area (Å²) in [6, 6.07) is 7.16. The van der Waals surface area contributed by atoms with E-state index in [9.17, 15) is 9.59 Å². The number of benzene rings is 1. The molecule has 0 aliphatic carbocycles. The topological polar surface area (TPSA) is 109 Å². The van der Waals surface area contributed by atoms with E-state index in [4.69, 9.17) is 16.0 Å². The fraction of sp³-hybridized carbons (Fsp3) is 0.312. The van der Waals surface area contributed by atoms with E-state index in [1.54, 1.807) is 12.1 Å². The van der Waals surface area contributed by atoms with Crippen LogP contribution < -0.4 is 11.2 Å². The van der Waals surface area contributed by atoms with Gasteiger partial charge >= 0.3 is 0 Å². The highest BCUT2D eigenvalue weighted by Gasteiger charge is 2.29. The Hall–Kier alpha value is -2.67. The van der Waals surface area contributed by atoms with Crippen LogP contribution in [0, 0.1) is 5.41 Å². The highest BCUT2D eigenvalue weighted by atomic mass is 16.7. The SMILES string of the molecule is N=C(N)c1ccc(C2=CC(CC(=O)N3CCCC3=O)ON2)cc1. The van der Waals surface area contributed by atoms with Gasteiger partial charge in [-0.05, 0) is 18.1 Å². The van der Waals surface area contributed by atoms with E-state index < -0.39 is 6.10 Å². The molecule has 3 rings (SSSR count). The summed E-state index contributed by atoms with van der Waals surface area (Å²) in [5.41, 5.74) is 10.5. The lowest BCUT2D eigenvalue weighted by Crippen LogP contribution is -2.34. The van der Waals surface area contributed by atoms with E-state index in [0.29, 0.717) is 18.5 Å². The van der Waals surface area contributed by atoms with Gasteiger partial charge in [-0.2, -0.15) is 0 Å². The van der Waals surface area contributed by atoms with Crippen LogP contribution in [0.25, 0.3) is 5.70 Å². The van der Waals surface area contributed by atoms with E-state index in [0.717, 1.165) is 17.7 Å². The smallest absolute Gasteiger partial charge is 0.232 e. The van der Waals surface area contributed by atoms with E-state index >= 15 is 0 Å². The number of imide groups is 1. The van der Waals surface area contributed by atoms with Crippen LogP contribution in [0.15, 0.2) is 30.3 Å². The summed E-state index contributed by atoms with van der Waals surface area (Å²) in [5.74, 6) is -0.298. The molecule has 0 saturated carbocycles. The molecule has 1 aromatic carbocycles. The monoisotopic (exact) mass is 314 g/mol. The molecule has 0 spiro atoms. The van der Waals surface area contributed by atoms with Crippen LogP contribution in [0.5, 0.6) is 0 Å². The Morgan fingerprint density at radius 1 is 1.39 bits per heavy atom. The van der Waals surface area contributed by atoms with Gasteiger partial charge in [-0.25, -0.2) is 0 Å². The lowest BCUT2D eigenvalue weighted by Gasteiger charge is -2.14. The highest BCUT2D eigenvalue weighted by molar-refractivity contribution is 5.97. The van der Waals surface area contributed by atoms with E-state index in [1.165, 1.54) is 4.90 Å². The number of nitrogens with one attached hydrogen (secondary N) is 2. The molecule has 0 bridgehead atoms. The molecule has 4 N–H and O–H groups in total. The van der Waals surface area contributed by atoms with Gasteiger partial charge in [-0.3, -0.25) is 30.2 Å². The zero-order valence-electron chi connectivity index (χ0n) is 12.5. The van der Waals surface area contributed by atoms with Crippen molar-refractivity contribution in [1.29, 1.82) is 5.41 Å². The van der Waals surface area contributed by atoms with Crippen molar-refractivity contribution in [3.63, 3.8) is 0 Å². The largest absolute Gasteiger partial charge is 0.384 e. The fourth-order valence-corrected chi connectivity index (χ4v) is 2.67. The summed E-state index contributed by atoms with van der Waals surface area (Å²) in [6.07, 6.45) is 2.73. The Kier molecular flexibility index (Phi) is 4.12. The molecule has 2 aliphatic rings. The van der Waals surface area contributed by atoms with Gasteiger partial charge in [0, 0.05) is 18.5 Å². The van der Waals surface area contributed by atoms with E-state index in [-0.39, 0.29) is 24.1 Å². The molecule has 2 heterocycles. The van der Waals surface area contributed by atoms with Crippen molar-refractivity contribution in [1.82, 2.24) is 10.4 Å². The Morgan fingerprint density at radius 3 is 2.74 bits per heavy atom. The van der Waals surface area contributed by atoms with Gasteiger partial charge < -0.3 is 5.73 Å². The molecule has 7 heteroatoms. The molecule has 0 radical (unpaired) electrons. The molecule has 1 atom stereocenters. The van der Waals surface area contributed by atoms with Gasteiger partial charge in [-0.1, -0.05) is 24.3 Å². The van der Waals surface area contributed by atoms with Gasteiger partial charge in [0.25, 0.3) is 0 Å². The molecular formula is C16H18N4O3. The zero-order valence-corrected chi connectivity index (χ0v) is 12.5. The minimum Gasteiger partial charge on any atom is -0.384 e. The minimum absolute atomic E-state index is 0.0138. The summed E-state index contributed by atoms with van der Waals surface area (Å²) in [5, 5.41) is 7.38. The first-order valence-corrected chi connectivity index (χ1v) is 7.46. The molecule has 1 fully saturated rings. The first-order valence-electron chi connectivity index (χ1n) is 7.46. The normalized spacial score (nSPS) is 20.3. The van der Waals surface area contributed by atoms with Crippen molar-refractivity contribution in [2.75, 3.05) is 6.54 Å². The van der Waals surface area contributed by atoms with Gasteiger partial charge in [0.15, 0.2) is 0 Å². The maximum absolute atomic E-state index is 12.1. The number of nitrogens with two attached hydrogens (primary N) is 1.